The van der Waals surface area contributed by atoms with E-state index in [1.54, 1.807) is 6.92 Å². The molecule has 1 fully saturated rings. The molecule has 1 saturated heterocycles. The lowest BCUT2D eigenvalue weighted by Crippen LogP contribution is -2.48. The molecule has 1 heterocycles. The van der Waals surface area contributed by atoms with Crippen LogP contribution in [-0.2, 0) is 10.0 Å². The number of rotatable bonds is 3. The van der Waals surface area contributed by atoms with Crippen molar-refractivity contribution in [2.24, 2.45) is 5.92 Å². The molecule has 0 spiro atoms. The predicted octanol–water partition coefficient (Wildman–Crippen LogP) is 2.17. The van der Waals surface area contributed by atoms with Gasteiger partial charge in [-0.3, -0.25) is 0 Å². The zero-order valence-corrected chi connectivity index (χ0v) is 13.8. The van der Waals surface area contributed by atoms with Crippen molar-refractivity contribution >= 4 is 26.0 Å². The van der Waals surface area contributed by atoms with E-state index in [-0.39, 0.29) is 21.3 Å². The Kier molecular flexibility index (Phi) is 4.84. The third-order valence-corrected chi connectivity index (χ3v) is 5.84. The fraction of sp³-hybridized carbons (Fsp3) is 0.538. The number of halogens is 2. The normalized spacial score (nSPS) is 23.8. The molecule has 2 unspecified atom stereocenters. The molecule has 0 aliphatic carbocycles. The second kappa shape index (κ2) is 6.09. The Hall–Kier alpha value is -0.500. The zero-order chi connectivity index (χ0) is 14.9. The van der Waals surface area contributed by atoms with Crippen molar-refractivity contribution in [1.29, 1.82) is 0 Å². The average Bonchev–Trinajstić information content (AvgIpc) is 2.36. The summed E-state index contributed by atoms with van der Waals surface area (Å²) < 4.78 is 41.2. The molecule has 4 nitrogen and oxygen atoms in total. The summed E-state index contributed by atoms with van der Waals surface area (Å²) >= 11 is 3.03. The zero-order valence-electron chi connectivity index (χ0n) is 11.4. The lowest BCUT2D eigenvalue weighted by molar-refractivity contribution is 0.328. The number of hydrogen-bond donors (Lipinski definition) is 2. The van der Waals surface area contributed by atoms with Gasteiger partial charge in [0.2, 0.25) is 10.0 Å². The highest BCUT2D eigenvalue weighted by Gasteiger charge is 2.28. The molecule has 7 heteroatoms. The molecule has 0 radical (unpaired) electrons. The number of hydrogen-bond acceptors (Lipinski definition) is 3. The van der Waals surface area contributed by atoms with E-state index in [1.165, 1.54) is 12.1 Å². The SMILES string of the molecule is Cc1cc(F)c(Br)cc1S(=O)(=O)NC1CCNCC1C. The van der Waals surface area contributed by atoms with Gasteiger partial charge in [0, 0.05) is 6.04 Å². The van der Waals surface area contributed by atoms with Gasteiger partial charge in [0.25, 0.3) is 0 Å². The van der Waals surface area contributed by atoms with Gasteiger partial charge in [-0.1, -0.05) is 6.92 Å². The lowest BCUT2D eigenvalue weighted by Gasteiger charge is -2.30. The predicted molar refractivity (Wildman–Crippen MR) is 79.6 cm³/mol. The molecule has 0 amide bonds. The Morgan fingerprint density at radius 2 is 2.15 bits per heavy atom. The molecule has 1 aliphatic heterocycles. The van der Waals surface area contributed by atoms with Gasteiger partial charge < -0.3 is 5.32 Å². The highest BCUT2D eigenvalue weighted by Crippen LogP contribution is 2.25. The van der Waals surface area contributed by atoms with Crippen molar-refractivity contribution in [2.75, 3.05) is 13.1 Å². The van der Waals surface area contributed by atoms with E-state index in [1.807, 2.05) is 6.92 Å². The van der Waals surface area contributed by atoms with Gasteiger partial charge >= 0.3 is 0 Å². The van der Waals surface area contributed by atoms with Crippen LogP contribution in [0.2, 0.25) is 0 Å². The standard InChI is InChI=1S/C13H18BrFN2O2S/c1-8-5-11(15)10(14)6-13(8)20(18,19)17-12-3-4-16-7-9(12)2/h5-6,9,12,16-17H,3-4,7H2,1-2H3. The molecule has 112 valence electrons. The van der Waals surface area contributed by atoms with Crippen LogP contribution in [0.15, 0.2) is 21.5 Å². The van der Waals surface area contributed by atoms with E-state index in [2.05, 4.69) is 26.0 Å². The molecule has 2 rings (SSSR count). The molecule has 2 atom stereocenters. The van der Waals surface area contributed by atoms with Gasteiger partial charge in [-0.25, -0.2) is 17.5 Å². The number of sulfonamides is 1. The number of aryl methyl sites for hydroxylation is 1. The van der Waals surface area contributed by atoms with E-state index in [4.69, 9.17) is 0 Å². The summed E-state index contributed by atoms with van der Waals surface area (Å²) in [7, 11) is -3.64. The number of nitrogens with one attached hydrogen (secondary N) is 2. The minimum Gasteiger partial charge on any atom is -0.316 e. The lowest BCUT2D eigenvalue weighted by atomic mass is 9.97. The first-order valence-corrected chi connectivity index (χ1v) is 8.77. The summed E-state index contributed by atoms with van der Waals surface area (Å²) in [5.41, 5.74) is 0.403. The van der Waals surface area contributed by atoms with Crippen LogP contribution in [0.1, 0.15) is 18.9 Å². The van der Waals surface area contributed by atoms with Gasteiger partial charge in [0.05, 0.1) is 9.37 Å². The monoisotopic (exact) mass is 364 g/mol. The first-order chi connectivity index (χ1) is 9.31. The van der Waals surface area contributed by atoms with Gasteiger partial charge in [0.1, 0.15) is 5.82 Å². The summed E-state index contributed by atoms with van der Waals surface area (Å²) in [6, 6.07) is 2.45. The van der Waals surface area contributed by atoms with Crippen LogP contribution in [0.3, 0.4) is 0 Å². The summed E-state index contributed by atoms with van der Waals surface area (Å²) in [6.07, 6.45) is 0.752. The van der Waals surface area contributed by atoms with Crippen LogP contribution in [0.4, 0.5) is 4.39 Å². The van der Waals surface area contributed by atoms with Crippen LogP contribution in [0, 0.1) is 18.7 Å². The van der Waals surface area contributed by atoms with Crippen molar-refractivity contribution in [3.8, 4) is 0 Å². The Balaban J connectivity index is 2.28. The maximum absolute atomic E-state index is 13.4. The fourth-order valence-electron chi connectivity index (χ4n) is 2.37. The first-order valence-electron chi connectivity index (χ1n) is 6.50. The molecular formula is C13H18BrFN2O2S. The Bertz CT molecular complexity index is 607. The Morgan fingerprint density at radius 1 is 1.45 bits per heavy atom. The fourth-order valence-corrected chi connectivity index (χ4v) is 4.50. The molecule has 2 N–H and O–H groups in total. The second-order valence-electron chi connectivity index (χ2n) is 5.23. The minimum atomic E-state index is -3.64. The second-order valence-corrected chi connectivity index (χ2v) is 7.77. The van der Waals surface area contributed by atoms with E-state index in [9.17, 15) is 12.8 Å². The molecular weight excluding hydrogens is 347 g/mol. The third-order valence-electron chi connectivity index (χ3n) is 3.60. The van der Waals surface area contributed by atoms with E-state index >= 15 is 0 Å². The summed E-state index contributed by atoms with van der Waals surface area (Å²) in [4.78, 5) is 0.122. The average molecular weight is 365 g/mol. The molecule has 1 aromatic rings. The minimum absolute atomic E-state index is 0.0931. The Morgan fingerprint density at radius 3 is 2.80 bits per heavy atom. The molecule has 0 bridgehead atoms. The quantitative estimate of drug-likeness (QED) is 0.863. The maximum atomic E-state index is 13.4. The van der Waals surface area contributed by atoms with Crippen LogP contribution < -0.4 is 10.0 Å². The largest absolute Gasteiger partial charge is 0.316 e. The van der Waals surface area contributed by atoms with Crippen molar-refractivity contribution in [3.63, 3.8) is 0 Å². The van der Waals surface area contributed by atoms with E-state index in [0.29, 0.717) is 5.56 Å². The van der Waals surface area contributed by atoms with Crippen LogP contribution in [0.25, 0.3) is 0 Å². The summed E-state index contributed by atoms with van der Waals surface area (Å²) in [5.74, 6) is -0.237. The third kappa shape index (κ3) is 3.39. The van der Waals surface area contributed by atoms with Gasteiger partial charge in [-0.15, -0.1) is 0 Å². The van der Waals surface area contributed by atoms with Crippen molar-refractivity contribution in [1.82, 2.24) is 10.0 Å². The van der Waals surface area contributed by atoms with Crippen LogP contribution >= 0.6 is 15.9 Å². The van der Waals surface area contributed by atoms with Gasteiger partial charge in [0.15, 0.2) is 0 Å². The molecule has 1 aromatic carbocycles. The highest BCUT2D eigenvalue weighted by molar-refractivity contribution is 9.10. The Labute approximate surface area is 127 Å². The first kappa shape index (κ1) is 15.9. The molecule has 20 heavy (non-hydrogen) atoms. The number of benzene rings is 1. The van der Waals surface area contributed by atoms with Gasteiger partial charge in [-0.05, 0) is 66.0 Å². The van der Waals surface area contributed by atoms with Crippen molar-refractivity contribution in [3.05, 3.63) is 28.0 Å². The summed E-state index contributed by atoms with van der Waals surface area (Å²) in [6.45, 7) is 5.19. The smallest absolute Gasteiger partial charge is 0.241 e. The summed E-state index contributed by atoms with van der Waals surface area (Å²) in [5, 5.41) is 3.23. The van der Waals surface area contributed by atoms with Gasteiger partial charge in [-0.2, -0.15) is 0 Å². The topological polar surface area (TPSA) is 58.2 Å². The van der Waals surface area contributed by atoms with Crippen LogP contribution in [0.5, 0.6) is 0 Å². The van der Waals surface area contributed by atoms with Crippen molar-refractivity contribution in [2.45, 2.75) is 31.2 Å². The van der Waals surface area contributed by atoms with E-state index in [0.717, 1.165) is 19.5 Å². The maximum Gasteiger partial charge on any atom is 0.241 e. The van der Waals surface area contributed by atoms with Crippen molar-refractivity contribution < 1.29 is 12.8 Å². The molecule has 1 aliphatic rings. The van der Waals surface area contributed by atoms with Crippen LogP contribution in [-0.4, -0.2) is 27.5 Å². The molecule has 0 saturated carbocycles. The highest BCUT2D eigenvalue weighted by atomic mass is 79.9. The van der Waals surface area contributed by atoms with E-state index < -0.39 is 15.8 Å². The molecule has 0 aromatic heterocycles. The number of piperidine rings is 1.